The van der Waals surface area contributed by atoms with Crippen molar-refractivity contribution in [1.29, 1.82) is 0 Å². The molecule has 0 saturated carbocycles. The van der Waals surface area contributed by atoms with Crippen LogP contribution in [0.25, 0.3) is 10.9 Å². The lowest BCUT2D eigenvalue weighted by molar-refractivity contribution is -0.130. The van der Waals surface area contributed by atoms with E-state index in [0.717, 1.165) is 18.4 Å². The number of hydrogen-bond acceptors (Lipinski definition) is 2. The van der Waals surface area contributed by atoms with E-state index in [0.29, 0.717) is 18.5 Å². The number of aryl methyl sites for hydroxylation is 2. The number of aromatic amines is 1. The molecule has 1 aromatic carbocycles. The SMILES string of the molecule is CN1CCC(N(C)C(=O)c2ccc3[nH]c4c(c3c2)CCCC4)C1=O. The molecule has 5 heteroatoms. The van der Waals surface area contributed by atoms with Crippen molar-refractivity contribution in [3.63, 3.8) is 0 Å². The van der Waals surface area contributed by atoms with E-state index in [4.69, 9.17) is 0 Å². The Bertz CT molecular complexity index is 823. The first kappa shape index (κ1) is 15.2. The van der Waals surface area contributed by atoms with Gasteiger partial charge in [-0.15, -0.1) is 0 Å². The van der Waals surface area contributed by atoms with Gasteiger partial charge in [0.1, 0.15) is 6.04 Å². The third-order valence-electron chi connectivity index (χ3n) is 5.53. The summed E-state index contributed by atoms with van der Waals surface area (Å²) in [6.07, 6.45) is 5.32. The number of carbonyl (C=O) groups excluding carboxylic acids is 2. The van der Waals surface area contributed by atoms with E-state index in [-0.39, 0.29) is 17.9 Å². The van der Waals surface area contributed by atoms with E-state index in [9.17, 15) is 9.59 Å². The molecule has 24 heavy (non-hydrogen) atoms. The average molecular weight is 325 g/mol. The van der Waals surface area contributed by atoms with E-state index < -0.39 is 0 Å². The van der Waals surface area contributed by atoms with Crippen LogP contribution in [0, 0.1) is 0 Å². The smallest absolute Gasteiger partial charge is 0.254 e. The lowest BCUT2D eigenvalue weighted by Gasteiger charge is -2.23. The Labute approximate surface area is 141 Å². The molecule has 4 rings (SSSR count). The molecule has 1 fully saturated rings. The molecular weight excluding hydrogens is 302 g/mol. The predicted molar refractivity (Wildman–Crippen MR) is 93.1 cm³/mol. The summed E-state index contributed by atoms with van der Waals surface area (Å²) in [7, 11) is 3.53. The minimum atomic E-state index is -0.335. The van der Waals surface area contributed by atoms with Gasteiger partial charge in [0.05, 0.1) is 0 Å². The van der Waals surface area contributed by atoms with Crippen molar-refractivity contribution >= 4 is 22.7 Å². The summed E-state index contributed by atoms with van der Waals surface area (Å²) in [5.41, 5.74) is 4.46. The molecule has 1 atom stereocenters. The molecule has 1 aromatic heterocycles. The van der Waals surface area contributed by atoms with Crippen LogP contribution < -0.4 is 0 Å². The fraction of sp³-hybridized carbons (Fsp3) is 0.474. The molecule has 2 aromatic rings. The molecule has 0 spiro atoms. The van der Waals surface area contributed by atoms with Crippen LogP contribution in [0.2, 0.25) is 0 Å². The Kier molecular flexibility index (Phi) is 3.59. The molecule has 0 radical (unpaired) electrons. The number of aromatic nitrogens is 1. The highest BCUT2D eigenvalue weighted by Gasteiger charge is 2.34. The summed E-state index contributed by atoms with van der Waals surface area (Å²) < 4.78 is 0. The lowest BCUT2D eigenvalue weighted by Crippen LogP contribution is -2.42. The second-order valence-electron chi connectivity index (χ2n) is 7.03. The Morgan fingerprint density at radius 2 is 2.08 bits per heavy atom. The first-order valence-corrected chi connectivity index (χ1v) is 8.72. The van der Waals surface area contributed by atoms with Gasteiger partial charge in [-0.05, 0) is 55.9 Å². The van der Waals surface area contributed by atoms with E-state index in [1.54, 1.807) is 23.9 Å². The largest absolute Gasteiger partial charge is 0.358 e. The zero-order valence-electron chi connectivity index (χ0n) is 14.3. The number of benzene rings is 1. The molecule has 1 aliphatic carbocycles. The van der Waals surface area contributed by atoms with Gasteiger partial charge in [0.25, 0.3) is 5.91 Å². The van der Waals surface area contributed by atoms with Crippen molar-refractivity contribution in [2.45, 2.75) is 38.1 Å². The number of amides is 2. The van der Waals surface area contributed by atoms with Crippen LogP contribution in [0.5, 0.6) is 0 Å². The molecule has 2 heterocycles. The lowest BCUT2D eigenvalue weighted by atomic mass is 9.95. The molecule has 1 saturated heterocycles. The summed E-state index contributed by atoms with van der Waals surface area (Å²) in [6.45, 7) is 0.714. The quantitative estimate of drug-likeness (QED) is 0.921. The van der Waals surface area contributed by atoms with E-state index >= 15 is 0 Å². The molecular formula is C19H23N3O2. The zero-order chi connectivity index (χ0) is 16.8. The monoisotopic (exact) mass is 325 g/mol. The average Bonchev–Trinajstić information content (AvgIpc) is 3.13. The summed E-state index contributed by atoms with van der Waals surface area (Å²) >= 11 is 0. The Balaban J connectivity index is 1.66. The van der Waals surface area contributed by atoms with Gasteiger partial charge in [-0.2, -0.15) is 0 Å². The number of nitrogens with one attached hydrogen (secondary N) is 1. The van der Waals surface area contributed by atoms with Gasteiger partial charge in [-0.25, -0.2) is 0 Å². The summed E-state index contributed by atoms with van der Waals surface area (Å²) in [5, 5.41) is 1.17. The number of H-pyrrole nitrogens is 1. The zero-order valence-corrected chi connectivity index (χ0v) is 14.3. The van der Waals surface area contributed by atoms with Gasteiger partial charge >= 0.3 is 0 Å². The van der Waals surface area contributed by atoms with Crippen molar-refractivity contribution in [2.75, 3.05) is 20.6 Å². The first-order valence-electron chi connectivity index (χ1n) is 8.72. The molecule has 5 nitrogen and oxygen atoms in total. The number of likely N-dealkylation sites (N-methyl/N-ethyl adjacent to an activating group) is 2. The molecule has 1 aliphatic heterocycles. The Morgan fingerprint density at radius 3 is 2.83 bits per heavy atom. The highest BCUT2D eigenvalue weighted by atomic mass is 16.2. The third-order valence-corrected chi connectivity index (χ3v) is 5.53. The molecule has 2 aliphatic rings. The maximum Gasteiger partial charge on any atom is 0.254 e. The van der Waals surface area contributed by atoms with Crippen LogP contribution in [0.1, 0.15) is 40.9 Å². The number of likely N-dealkylation sites (tertiary alicyclic amines) is 1. The highest BCUT2D eigenvalue weighted by molar-refractivity contribution is 6.01. The van der Waals surface area contributed by atoms with E-state index in [2.05, 4.69) is 4.98 Å². The fourth-order valence-corrected chi connectivity index (χ4v) is 4.05. The van der Waals surface area contributed by atoms with E-state index in [1.165, 1.54) is 29.5 Å². The van der Waals surface area contributed by atoms with Crippen molar-refractivity contribution in [3.8, 4) is 0 Å². The summed E-state index contributed by atoms with van der Waals surface area (Å²) in [5.74, 6) is -0.0396. The fourth-order valence-electron chi connectivity index (χ4n) is 4.05. The molecule has 126 valence electrons. The van der Waals surface area contributed by atoms with Crippen LogP contribution in [-0.2, 0) is 17.6 Å². The van der Waals surface area contributed by atoms with Gasteiger partial charge in [-0.1, -0.05) is 0 Å². The van der Waals surface area contributed by atoms with Crippen LogP contribution in [-0.4, -0.2) is 53.3 Å². The number of hydrogen-bond donors (Lipinski definition) is 1. The van der Waals surface area contributed by atoms with Gasteiger partial charge < -0.3 is 14.8 Å². The molecule has 0 bridgehead atoms. The molecule has 1 unspecified atom stereocenters. The number of nitrogens with zero attached hydrogens (tertiary/aromatic N) is 2. The predicted octanol–water partition coefficient (Wildman–Crippen LogP) is 2.35. The number of rotatable bonds is 2. The normalized spacial score (nSPS) is 20.5. The summed E-state index contributed by atoms with van der Waals surface area (Å²) in [6, 6.07) is 5.53. The first-order chi connectivity index (χ1) is 11.6. The third kappa shape index (κ3) is 2.30. The van der Waals surface area contributed by atoms with Gasteiger partial charge in [0.2, 0.25) is 5.91 Å². The second kappa shape index (κ2) is 5.65. The van der Waals surface area contributed by atoms with Crippen LogP contribution in [0.3, 0.4) is 0 Å². The molecule has 2 amide bonds. The maximum atomic E-state index is 12.9. The van der Waals surface area contributed by atoms with Gasteiger partial charge in [-0.3, -0.25) is 9.59 Å². The minimum Gasteiger partial charge on any atom is -0.358 e. The second-order valence-corrected chi connectivity index (χ2v) is 7.03. The molecule has 1 N–H and O–H groups in total. The van der Waals surface area contributed by atoms with Crippen LogP contribution >= 0.6 is 0 Å². The summed E-state index contributed by atoms with van der Waals surface area (Å²) in [4.78, 5) is 31.8. The van der Waals surface area contributed by atoms with Crippen molar-refractivity contribution in [1.82, 2.24) is 14.8 Å². The number of carbonyl (C=O) groups is 2. The minimum absolute atomic E-state index is 0.0333. The van der Waals surface area contributed by atoms with Crippen LogP contribution in [0.4, 0.5) is 0 Å². The highest BCUT2D eigenvalue weighted by Crippen LogP contribution is 2.30. The van der Waals surface area contributed by atoms with Gasteiger partial charge in [0, 0.05) is 42.8 Å². The number of fused-ring (bicyclic) bond motifs is 3. The van der Waals surface area contributed by atoms with Crippen molar-refractivity contribution in [3.05, 3.63) is 35.0 Å². The van der Waals surface area contributed by atoms with Gasteiger partial charge in [0.15, 0.2) is 0 Å². The Morgan fingerprint density at radius 1 is 1.29 bits per heavy atom. The van der Waals surface area contributed by atoms with Crippen LogP contribution in [0.15, 0.2) is 18.2 Å². The van der Waals surface area contributed by atoms with E-state index in [1.807, 2.05) is 18.2 Å². The standard InChI is InChI=1S/C19H23N3O2/c1-21-10-9-17(19(21)24)22(2)18(23)12-7-8-16-14(11-12)13-5-3-4-6-15(13)20-16/h7-8,11,17,20H,3-6,9-10H2,1-2H3. The Hall–Kier alpha value is -2.30. The topological polar surface area (TPSA) is 56.4 Å². The van der Waals surface area contributed by atoms with Crippen molar-refractivity contribution < 1.29 is 9.59 Å². The maximum absolute atomic E-state index is 12.9. The van der Waals surface area contributed by atoms with Crippen molar-refractivity contribution in [2.24, 2.45) is 0 Å².